The molecular weight excluding hydrogens is 364 g/mol. The Kier molecular flexibility index (Phi) is 7.95. The van der Waals surface area contributed by atoms with E-state index in [0.717, 1.165) is 37.0 Å². The largest absolute Gasteiger partial charge is 0.489 e. The molecule has 0 bridgehead atoms. The number of rotatable bonds is 8. The molecule has 0 atom stereocenters. The van der Waals surface area contributed by atoms with Crippen molar-refractivity contribution in [1.29, 1.82) is 0 Å². The maximum Gasteiger partial charge on any atom is 0.258 e. The molecule has 1 saturated carbocycles. The van der Waals surface area contributed by atoms with Crippen LogP contribution >= 0.6 is 12.4 Å². The molecule has 1 amide bonds. The minimum absolute atomic E-state index is 0. The summed E-state index contributed by atoms with van der Waals surface area (Å²) in [5.41, 5.74) is 6.72. The number of carbonyl (C=O) groups excluding carboxylic acids is 1. The molecule has 3 rings (SSSR count). The lowest BCUT2D eigenvalue weighted by molar-refractivity contribution is -0.124. The van der Waals surface area contributed by atoms with Gasteiger partial charge in [0, 0.05) is 6.54 Å². The molecule has 0 radical (unpaired) electrons. The van der Waals surface area contributed by atoms with Gasteiger partial charge in [0.05, 0.1) is 5.54 Å². The Morgan fingerprint density at radius 2 is 1.56 bits per heavy atom. The van der Waals surface area contributed by atoms with Gasteiger partial charge in [-0.1, -0.05) is 43.2 Å². The summed E-state index contributed by atoms with van der Waals surface area (Å²) in [7, 11) is 0. The van der Waals surface area contributed by atoms with Crippen molar-refractivity contribution in [3.63, 3.8) is 0 Å². The molecule has 0 aromatic heterocycles. The Hall–Kier alpha value is -2.24. The standard InChI is InChI=1S/C21H26N2O3.ClH/c22-16-21(12-4-5-13-21)23-20(24)15-26-19-10-8-18(9-11-19)25-14-17-6-2-1-3-7-17;/h1-3,6-11H,4-5,12-16,22H2,(H,23,24);1H. The number of halogens is 1. The summed E-state index contributed by atoms with van der Waals surface area (Å²) >= 11 is 0. The van der Waals surface area contributed by atoms with E-state index in [1.807, 2.05) is 54.6 Å². The highest BCUT2D eigenvalue weighted by Gasteiger charge is 2.33. The van der Waals surface area contributed by atoms with Crippen LogP contribution in [0.1, 0.15) is 31.2 Å². The highest BCUT2D eigenvalue weighted by molar-refractivity contribution is 5.85. The second-order valence-electron chi connectivity index (χ2n) is 6.77. The van der Waals surface area contributed by atoms with Crippen LogP contribution in [0.4, 0.5) is 0 Å². The van der Waals surface area contributed by atoms with Crippen LogP contribution in [0.25, 0.3) is 0 Å². The maximum atomic E-state index is 12.1. The molecule has 0 aliphatic heterocycles. The maximum absolute atomic E-state index is 12.1. The summed E-state index contributed by atoms with van der Waals surface area (Å²) in [6, 6.07) is 17.3. The fraction of sp³-hybridized carbons (Fsp3) is 0.381. The van der Waals surface area contributed by atoms with E-state index in [-0.39, 0.29) is 30.5 Å². The van der Waals surface area contributed by atoms with Crippen LogP contribution in [0.2, 0.25) is 0 Å². The lowest BCUT2D eigenvalue weighted by atomic mass is 9.98. The van der Waals surface area contributed by atoms with E-state index in [1.54, 1.807) is 0 Å². The number of amides is 1. The van der Waals surface area contributed by atoms with Crippen LogP contribution in [0.5, 0.6) is 11.5 Å². The first kappa shape index (κ1) is 21.1. The monoisotopic (exact) mass is 390 g/mol. The minimum atomic E-state index is -0.240. The summed E-state index contributed by atoms with van der Waals surface area (Å²) in [6.45, 7) is 0.989. The van der Waals surface area contributed by atoms with Crippen molar-refractivity contribution in [1.82, 2.24) is 5.32 Å². The second kappa shape index (κ2) is 10.2. The van der Waals surface area contributed by atoms with E-state index in [9.17, 15) is 4.79 Å². The molecule has 5 nitrogen and oxygen atoms in total. The summed E-state index contributed by atoms with van der Waals surface area (Å²) in [5, 5.41) is 3.05. The topological polar surface area (TPSA) is 73.6 Å². The molecule has 3 N–H and O–H groups in total. The van der Waals surface area contributed by atoms with Crippen molar-refractivity contribution in [2.24, 2.45) is 5.73 Å². The van der Waals surface area contributed by atoms with Crippen molar-refractivity contribution < 1.29 is 14.3 Å². The normalized spacial score (nSPS) is 14.9. The fourth-order valence-electron chi connectivity index (χ4n) is 3.29. The Labute approximate surface area is 166 Å². The predicted octanol–water partition coefficient (Wildman–Crippen LogP) is 3.45. The molecule has 1 fully saturated rings. The first-order valence-electron chi connectivity index (χ1n) is 9.10. The molecule has 0 unspecified atom stereocenters. The molecule has 27 heavy (non-hydrogen) atoms. The van der Waals surface area contributed by atoms with Gasteiger partial charge in [-0.25, -0.2) is 0 Å². The number of benzene rings is 2. The molecule has 146 valence electrons. The van der Waals surface area contributed by atoms with Gasteiger partial charge in [-0.3, -0.25) is 4.79 Å². The first-order chi connectivity index (χ1) is 12.7. The van der Waals surface area contributed by atoms with Crippen LogP contribution < -0.4 is 20.5 Å². The fourth-order valence-corrected chi connectivity index (χ4v) is 3.29. The number of carbonyl (C=O) groups is 1. The summed E-state index contributed by atoms with van der Waals surface area (Å²) < 4.78 is 11.3. The van der Waals surface area contributed by atoms with E-state index in [0.29, 0.717) is 18.9 Å². The zero-order valence-electron chi connectivity index (χ0n) is 15.4. The van der Waals surface area contributed by atoms with E-state index >= 15 is 0 Å². The lowest BCUT2D eigenvalue weighted by Gasteiger charge is -2.28. The van der Waals surface area contributed by atoms with Gasteiger partial charge in [0.15, 0.2) is 6.61 Å². The molecule has 0 saturated heterocycles. The Balaban J connectivity index is 0.00000261. The Morgan fingerprint density at radius 3 is 2.15 bits per heavy atom. The first-order valence-corrected chi connectivity index (χ1v) is 9.10. The lowest BCUT2D eigenvalue weighted by Crippen LogP contribution is -2.52. The molecule has 1 aliphatic carbocycles. The van der Waals surface area contributed by atoms with Gasteiger partial charge in [0.2, 0.25) is 0 Å². The third-order valence-electron chi connectivity index (χ3n) is 4.80. The average molecular weight is 391 g/mol. The summed E-state index contributed by atoms with van der Waals surface area (Å²) in [4.78, 5) is 12.1. The van der Waals surface area contributed by atoms with Crippen LogP contribution in [-0.2, 0) is 11.4 Å². The number of nitrogens with two attached hydrogens (primary N) is 1. The number of hydrogen-bond acceptors (Lipinski definition) is 4. The number of hydrogen-bond donors (Lipinski definition) is 2. The molecule has 2 aromatic rings. The van der Waals surface area contributed by atoms with Crippen molar-refractivity contribution in [3.8, 4) is 11.5 Å². The van der Waals surface area contributed by atoms with Crippen molar-refractivity contribution in [3.05, 3.63) is 60.2 Å². The molecular formula is C21H27ClN2O3. The quantitative estimate of drug-likeness (QED) is 0.724. The van der Waals surface area contributed by atoms with Gasteiger partial charge in [0.1, 0.15) is 18.1 Å². The smallest absolute Gasteiger partial charge is 0.258 e. The van der Waals surface area contributed by atoms with Crippen LogP contribution in [0, 0.1) is 0 Å². The van der Waals surface area contributed by atoms with Crippen molar-refractivity contribution in [2.75, 3.05) is 13.2 Å². The van der Waals surface area contributed by atoms with Crippen molar-refractivity contribution in [2.45, 2.75) is 37.8 Å². The molecule has 6 heteroatoms. The van der Waals surface area contributed by atoms with Crippen LogP contribution in [0.3, 0.4) is 0 Å². The molecule has 0 heterocycles. The van der Waals surface area contributed by atoms with Gasteiger partial charge in [-0.15, -0.1) is 12.4 Å². The van der Waals surface area contributed by atoms with Gasteiger partial charge in [0.25, 0.3) is 5.91 Å². The highest BCUT2D eigenvalue weighted by Crippen LogP contribution is 2.28. The van der Waals surface area contributed by atoms with E-state index < -0.39 is 0 Å². The molecule has 0 spiro atoms. The summed E-state index contributed by atoms with van der Waals surface area (Å²) in [6.07, 6.45) is 4.12. The van der Waals surface area contributed by atoms with Gasteiger partial charge >= 0.3 is 0 Å². The van der Waals surface area contributed by atoms with Gasteiger partial charge in [-0.05, 0) is 42.7 Å². The zero-order valence-corrected chi connectivity index (χ0v) is 16.2. The Morgan fingerprint density at radius 1 is 0.963 bits per heavy atom. The van der Waals surface area contributed by atoms with Crippen LogP contribution in [0.15, 0.2) is 54.6 Å². The van der Waals surface area contributed by atoms with Gasteiger partial charge in [-0.2, -0.15) is 0 Å². The Bertz CT molecular complexity index is 701. The number of nitrogens with one attached hydrogen (secondary N) is 1. The van der Waals surface area contributed by atoms with Crippen LogP contribution in [-0.4, -0.2) is 24.6 Å². The van der Waals surface area contributed by atoms with E-state index in [2.05, 4.69) is 5.32 Å². The minimum Gasteiger partial charge on any atom is -0.489 e. The third kappa shape index (κ3) is 6.15. The van der Waals surface area contributed by atoms with Gasteiger partial charge < -0.3 is 20.5 Å². The van der Waals surface area contributed by atoms with E-state index in [1.165, 1.54) is 0 Å². The van der Waals surface area contributed by atoms with E-state index in [4.69, 9.17) is 15.2 Å². The third-order valence-corrected chi connectivity index (χ3v) is 4.80. The van der Waals surface area contributed by atoms with Crippen molar-refractivity contribution >= 4 is 18.3 Å². The zero-order chi connectivity index (χ0) is 18.2. The highest BCUT2D eigenvalue weighted by atomic mass is 35.5. The number of ether oxygens (including phenoxy) is 2. The second-order valence-corrected chi connectivity index (χ2v) is 6.77. The predicted molar refractivity (Wildman–Crippen MR) is 108 cm³/mol. The molecule has 1 aliphatic rings. The molecule has 2 aromatic carbocycles. The SMILES string of the molecule is Cl.NCC1(NC(=O)COc2ccc(OCc3ccccc3)cc2)CCCC1. The average Bonchev–Trinajstić information content (AvgIpc) is 3.15. The summed E-state index contributed by atoms with van der Waals surface area (Å²) in [5.74, 6) is 1.28.